The molecule has 1 fully saturated rings. The van der Waals surface area contributed by atoms with Crippen molar-refractivity contribution in [1.29, 1.82) is 0 Å². The molecule has 0 aliphatic carbocycles. The molecule has 0 bridgehead atoms. The van der Waals surface area contributed by atoms with Crippen molar-refractivity contribution in [2.75, 3.05) is 20.2 Å². The number of phenols is 1. The van der Waals surface area contributed by atoms with Crippen LogP contribution in [-0.2, 0) is 6.42 Å². The van der Waals surface area contributed by atoms with E-state index < -0.39 is 5.97 Å². The van der Waals surface area contributed by atoms with E-state index in [1.54, 1.807) is 0 Å². The maximum Gasteiger partial charge on any atom is 0.335 e. The van der Waals surface area contributed by atoms with Crippen molar-refractivity contribution in [3.63, 3.8) is 0 Å². The van der Waals surface area contributed by atoms with E-state index in [0.717, 1.165) is 25.9 Å². The molecule has 104 valence electrons. The summed E-state index contributed by atoms with van der Waals surface area (Å²) in [7, 11) is 1.42. The second-order valence-corrected chi connectivity index (χ2v) is 4.91. The van der Waals surface area contributed by atoms with Crippen LogP contribution in [0.25, 0.3) is 0 Å². The van der Waals surface area contributed by atoms with E-state index in [-0.39, 0.29) is 17.1 Å². The molecule has 1 atom stereocenters. The van der Waals surface area contributed by atoms with Gasteiger partial charge >= 0.3 is 5.97 Å². The molecule has 0 saturated carbocycles. The summed E-state index contributed by atoms with van der Waals surface area (Å²) in [6, 6.07) is 2.88. The predicted molar refractivity (Wildman–Crippen MR) is 70.9 cm³/mol. The summed E-state index contributed by atoms with van der Waals surface area (Å²) in [4.78, 5) is 11.1. The van der Waals surface area contributed by atoms with Crippen molar-refractivity contribution in [3.8, 4) is 11.5 Å². The fraction of sp³-hybridized carbons (Fsp3) is 0.500. The molecule has 0 amide bonds. The molecule has 1 saturated heterocycles. The predicted octanol–water partition coefficient (Wildman–Crippen LogP) is 1.64. The highest BCUT2D eigenvalue weighted by Crippen LogP contribution is 2.33. The zero-order valence-electron chi connectivity index (χ0n) is 11.0. The van der Waals surface area contributed by atoms with Crippen molar-refractivity contribution >= 4 is 5.97 Å². The first-order chi connectivity index (χ1) is 9.11. The van der Waals surface area contributed by atoms with Crippen LogP contribution in [0.2, 0.25) is 0 Å². The van der Waals surface area contributed by atoms with Gasteiger partial charge in [0.2, 0.25) is 0 Å². The van der Waals surface area contributed by atoms with Crippen LogP contribution < -0.4 is 10.1 Å². The van der Waals surface area contributed by atoms with Crippen LogP contribution in [0.5, 0.6) is 11.5 Å². The maximum absolute atomic E-state index is 11.1. The van der Waals surface area contributed by atoms with Gasteiger partial charge in [-0.3, -0.25) is 0 Å². The summed E-state index contributed by atoms with van der Waals surface area (Å²) < 4.78 is 5.04. The molecule has 19 heavy (non-hydrogen) atoms. The SMILES string of the molecule is COc1cc(C(=O)O)cc(CC2CCCNC2)c1O. The molecule has 1 aromatic carbocycles. The number of hydrogen-bond donors (Lipinski definition) is 3. The van der Waals surface area contributed by atoms with Crippen LogP contribution in [-0.4, -0.2) is 36.4 Å². The van der Waals surface area contributed by atoms with Crippen LogP contribution in [0.4, 0.5) is 0 Å². The second kappa shape index (κ2) is 5.93. The standard InChI is InChI=1S/C14H19NO4/c1-19-12-7-11(14(17)18)6-10(13(12)16)5-9-3-2-4-15-8-9/h6-7,9,15-16H,2-5,8H2,1H3,(H,17,18). The first-order valence-corrected chi connectivity index (χ1v) is 6.45. The van der Waals surface area contributed by atoms with Crippen LogP contribution in [0.15, 0.2) is 12.1 Å². The van der Waals surface area contributed by atoms with Gasteiger partial charge in [-0.2, -0.15) is 0 Å². The van der Waals surface area contributed by atoms with Gasteiger partial charge in [0.25, 0.3) is 0 Å². The molecule has 0 aromatic heterocycles. The second-order valence-electron chi connectivity index (χ2n) is 4.91. The van der Waals surface area contributed by atoms with Gasteiger partial charge in [-0.25, -0.2) is 4.79 Å². The van der Waals surface area contributed by atoms with Crippen LogP contribution in [0, 0.1) is 5.92 Å². The van der Waals surface area contributed by atoms with Crippen molar-refractivity contribution in [2.24, 2.45) is 5.92 Å². The third-order valence-electron chi connectivity index (χ3n) is 3.53. The van der Waals surface area contributed by atoms with E-state index in [0.29, 0.717) is 17.9 Å². The molecular formula is C14H19NO4. The van der Waals surface area contributed by atoms with Crippen LogP contribution in [0.3, 0.4) is 0 Å². The summed E-state index contributed by atoms with van der Waals surface area (Å²) in [6.07, 6.45) is 2.86. The highest BCUT2D eigenvalue weighted by molar-refractivity contribution is 5.89. The number of aromatic hydroxyl groups is 1. The van der Waals surface area contributed by atoms with Crippen molar-refractivity contribution < 1.29 is 19.7 Å². The Morgan fingerprint density at radius 2 is 2.32 bits per heavy atom. The lowest BCUT2D eigenvalue weighted by molar-refractivity contribution is 0.0696. The van der Waals surface area contributed by atoms with Gasteiger partial charge in [-0.1, -0.05) is 0 Å². The Balaban J connectivity index is 2.26. The number of benzene rings is 1. The van der Waals surface area contributed by atoms with E-state index in [4.69, 9.17) is 9.84 Å². The number of carboxylic acids is 1. The number of phenolic OH excluding ortho intramolecular Hbond substituents is 1. The average molecular weight is 265 g/mol. The van der Waals surface area contributed by atoms with Gasteiger partial charge in [0.1, 0.15) is 0 Å². The Labute approximate surface area is 112 Å². The fourth-order valence-corrected chi connectivity index (χ4v) is 2.51. The minimum absolute atomic E-state index is 0.0538. The van der Waals surface area contributed by atoms with Gasteiger partial charge in [0, 0.05) is 0 Å². The number of ether oxygens (including phenoxy) is 1. The van der Waals surface area contributed by atoms with E-state index in [1.165, 1.54) is 19.2 Å². The molecular weight excluding hydrogens is 246 g/mol. The summed E-state index contributed by atoms with van der Waals surface area (Å²) >= 11 is 0. The third kappa shape index (κ3) is 3.17. The summed E-state index contributed by atoms with van der Waals surface area (Å²) in [5.74, 6) is -0.313. The Morgan fingerprint density at radius 3 is 2.89 bits per heavy atom. The Hall–Kier alpha value is -1.75. The van der Waals surface area contributed by atoms with Crippen molar-refractivity contribution in [1.82, 2.24) is 5.32 Å². The number of carboxylic acid groups (broad SMARTS) is 1. The van der Waals surface area contributed by atoms with Gasteiger partial charge in [-0.05, 0) is 56.0 Å². The molecule has 3 N–H and O–H groups in total. The molecule has 1 unspecified atom stereocenters. The van der Waals surface area contributed by atoms with Gasteiger partial charge in [-0.15, -0.1) is 0 Å². The zero-order valence-corrected chi connectivity index (χ0v) is 11.0. The molecule has 0 radical (unpaired) electrons. The lowest BCUT2D eigenvalue weighted by Crippen LogP contribution is -2.30. The highest BCUT2D eigenvalue weighted by atomic mass is 16.5. The Kier molecular flexibility index (Phi) is 4.27. The topological polar surface area (TPSA) is 78.8 Å². The van der Waals surface area contributed by atoms with Gasteiger partial charge < -0.3 is 20.3 Å². The van der Waals surface area contributed by atoms with E-state index in [2.05, 4.69) is 5.32 Å². The van der Waals surface area contributed by atoms with E-state index in [1.807, 2.05) is 0 Å². The summed E-state index contributed by atoms with van der Waals surface area (Å²) in [6.45, 7) is 1.93. The number of nitrogens with one attached hydrogen (secondary N) is 1. The number of aromatic carboxylic acids is 1. The van der Waals surface area contributed by atoms with E-state index in [9.17, 15) is 9.90 Å². The normalized spacial score (nSPS) is 19.1. The number of piperidine rings is 1. The first kappa shape index (κ1) is 13.7. The smallest absolute Gasteiger partial charge is 0.335 e. The minimum Gasteiger partial charge on any atom is -0.504 e. The number of methoxy groups -OCH3 is 1. The zero-order chi connectivity index (χ0) is 13.8. The minimum atomic E-state index is -1.01. The molecule has 2 rings (SSSR count). The molecule has 5 nitrogen and oxygen atoms in total. The molecule has 1 heterocycles. The van der Waals surface area contributed by atoms with Gasteiger partial charge in [0.05, 0.1) is 12.7 Å². The first-order valence-electron chi connectivity index (χ1n) is 6.45. The van der Waals surface area contributed by atoms with Crippen LogP contribution in [0.1, 0.15) is 28.8 Å². The highest BCUT2D eigenvalue weighted by Gasteiger charge is 2.19. The monoisotopic (exact) mass is 265 g/mol. The molecule has 1 aromatic rings. The largest absolute Gasteiger partial charge is 0.504 e. The van der Waals surface area contributed by atoms with E-state index >= 15 is 0 Å². The lowest BCUT2D eigenvalue weighted by Gasteiger charge is -2.23. The third-order valence-corrected chi connectivity index (χ3v) is 3.53. The number of carbonyl (C=O) groups is 1. The molecule has 5 heteroatoms. The van der Waals surface area contributed by atoms with Crippen LogP contribution >= 0.6 is 0 Å². The van der Waals surface area contributed by atoms with Crippen molar-refractivity contribution in [2.45, 2.75) is 19.3 Å². The van der Waals surface area contributed by atoms with Crippen molar-refractivity contribution in [3.05, 3.63) is 23.3 Å². The Morgan fingerprint density at radius 1 is 1.53 bits per heavy atom. The summed E-state index contributed by atoms with van der Waals surface area (Å²) in [5.41, 5.74) is 0.791. The molecule has 1 aliphatic heterocycles. The average Bonchev–Trinajstić information content (AvgIpc) is 2.42. The summed E-state index contributed by atoms with van der Waals surface area (Å²) in [5, 5.41) is 22.5. The number of hydrogen-bond acceptors (Lipinski definition) is 4. The molecule has 1 aliphatic rings. The Bertz CT molecular complexity index is 467. The lowest BCUT2D eigenvalue weighted by atomic mass is 9.91. The quantitative estimate of drug-likeness (QED) is 0.771. The molecule has 0 spiro atoms. The van der Waals surface area contributed by atoms with Gasteiger partial charge in [0.15, 0.2) is 11.5 Å². The number of rotatable bonds is 4. The fourth-order valence-electron chi connectivity index (χ4n) is 2.51. The maximum atomic E-state index is 11.1.